The first kappa shape index (κ1) is 14.8. The topological polar surface area (TPSA) is 75.4 Å². The second-order valence-corrected chi connectivity index (χ2v) is 6.95. The van der Waals surface area contributed by atoms with E-state index in [9.17, 15) is 9.59 Å². The third-order valence-electron chi connectivity index (χ3n) is 5.65. The van der Waals surface area contributed by atoms with E-state index in [1.54, 1.807) is 4.90 Å². The van der Waals surface area contributed by atoms with Crippen molar-refractivity contribution in [2.75, 3.05) is 6.54 Å². The second-order valence-electron chi connectivity index (χ2n) is 6.95. The molecule has 5 heteroatoms. The number of amides is 3. The van der Waals surface area contributed by atoms with E-state index in [-0.39, 0.29) is 23.9 Å². The van der Waals surface area contributed by atoms with E-state index >= 15 is 0 Å². The summed E-state index contributed by atoms with van der Waals surface area (Å²) in [6.45, 7) is 0.564. The van der Waals surface area contributed by atoms with Crippen molar-refractivity contribution in [3.63, 3.8) is 0 Å². The van der Waals surface area contributed by atoms with Crippen LogP contribution in [-0.4, -0.2) is 35.0 Å². The van der Waals surface area contributed by atoms with Gasteiger partial charge in [0, 0.05) is 6.04 Å². The summed E-state index contributed by atoms with van der Waals surface area (Å²) < 4.78 is 0. The minimum Gasteiger partial charge on any atom is -0.330 e. The van der Waals surface area contributed by atoms with Crippen LogP contribution in [0.1, 0.15) is 64.2 Å². The van der Waals surface area contributed by atoms with Gasteiger partial charge in [-0.1, -0.05) is 38.5 Å². The van der Waals surface area contributed by atoms with Gasteiger partial charge in [-0.3, -0.25) is 9.69 Å². The van der Waals surface area contributed by atoms with Crippen LogP contribution in [0.15, 0.2) is 0 Å². The van der Waals surface area contributed by atoms with E-state index in [1.165, 1.54) is 12.8 Å². The molecule has 0 aromatic heterocycles. The Bertz CT molecular complexity index is 418. The Kier molecular flexibility index (Phi) is 4.20. The highest BCUT2D eigenvalue weighted by Gasteiger charge is 2.53. The molecule has 1 aliphatic heterocycles. The number of hydrogen-bond donors (Lipinski definition) is 2. The maximum atomic E-state index is 13.0. The molecule has 0 aromatic rings. The van der Waals surface area contributed by atoms with Gasteiger partial charge in [0.25, 0.3) is 5.91 Å². The highest BCUT2D eigenvalue weighted by atomic mass is 16.2. The predicted molar refractivity (Wildman–Crippen MR) is 80.6 cm³/mol. The maximum absolute atomic E-state index is 13.0. The van der Waals surface area contributed by atoms with Crippen LogP contribution in [0.5, 0.6) is 0 Å². The molecule has 2 atom stereocenters. The van der Waals surface area contributed by atoms with E-state index in [2.05, 4.69) is 5.32 Å². The molecule has 3 aliphatic rings. The molecule has 0 bridgehead atoms. The maximum Gasteiger partial charge on any atom is 0.325 e. The zero-order chi connectivity index (χ0) is 14.9. The van der Waals surface area contributed by atoms with Crippen molar-refractivity contribution in [3.05, 3.63) is 0 Å². The Morgan fingerprint density at radius 2 is 1.71 bits per heavy atom. The van der Waals surface area contributed by atoms with Crippen molar-refractivity contribution < 1.29 is 9.59 Å². The number of hydrogen-bond acceptors (Lipinski definition) is 3. The molecule has 0 radical (unpaired) electrons. The summed E-state index contributed by atoms with van der Waals surface area (Å²) in [5.41, 5.74) is 5.33. The smallest absolute Gasteiger partial charge is 0.325 e. The van der Waals surface area contributed by atoms with Crippen LogP contribution in [0.3, 0.4) is 0 Å². The Morgan fingerprint density at radius 3 is 2.43 bits per heavy atom. The van der Waals surface area contributed by atoms with Gasteiger partial charge in [0.2, 0.25) is 0 Å². The van der Waals surface area contributed by atoms with Crippen LogP contribution < -0.4 is 11.1 Å². The molecular formula is C16H27N3O2. The van der Waals surface area contributed by atoms with E-state index < -0.39 is 5.54 Å². The molecule has 118 valence electrons. The second kappa shape index (κ2) is 5.95. The number of rotatable bonds is 2. The van der Waals surface area contributed by atoms with Crippen molar-refractivity contribution in [2.45, 2.75) is 75.8 Å². The Hall–Kier alpha value is -1.10. The summed E-state index contributed by atoms with van der Waals surface area (Å²) in [6, 6.07) is -0.168. The number of carbonyl (C=O) groups is 2. The largest absolute Gasteiger partial charge is 0.330 e. The third-order valence-corrected chi connectivity index (χ3v) is 5.65. The fraction of sp³-hybridized carbons (Fsp3) is 0.875. The van der Waals surface area contributed by atoms with Crippen molar-refractivity contribution in [3.8, 4) is 0 Å². The Labute approximate surface area is 126 Å². The number of nitrogens with two attached hydrogens (primary N) is 1. The SMILES string of the molecule is NCC1CCCCCC1N1C(=O)NC2(CCCCC2)C1=O. The molecule has 21 heavy (non-hydrogen) atoms. The summed E-state index contributed by atoms with van der Waals surface area (Å²) in [6.07, 6.45) is 10.2. The summed E-state index contributed by atoms with van der Waals surface area (Å²) >= 11 is 0. The minimum atomic E-state index is -0.596. The molecular weight excluding hydrogens is 266 g/mol. The lowest BCUT2D eigenvalue weighted by molar-refractivity contribution is -0.134. The molecule has 5 nitrogen and oxygen atoms in total. The average molecular weight is 293 g/mol. The van der Waals surface area contributed by atoms with Gasteiger partial charge in [0.05, 0.1) is 0 Å². The van der Waals surface area contributed by atoms with Gasteiger partial charge in [0.15, 0.2) is 0 Å². The van der Waals surface area contributed by atoms with Crippen LogP contribution in [0, 0.1) is 5.92 Å². The lowest BCUT2D eigenvalue weighted by Gasteiger charge is -2.34. The molecule has 1 heterocycles. The normalized spacial score (nSPS) is 33.1. The third kappa shape index (κ3) is 2.56. The summed E-state index contributed by atoms with van der Waals surface area (Å²) in [5.74, 6) is 0.290. The number of carbonyl (C=O) groups excluding carboxylic acids is 2. The first-order chi connectivity index (χ1) is 10.2. The summed E-state index contributed by atoms with van der Waals surface area (Å²) in [5, 5.41) is 3.03. The molecule has 1 spiro atoms. The summed E-state index contributed by atoms with van der Waals surface area (Å²) in [4.78, 5) is 27.0. The van der Waals surface area contributed by atoms with Crippen LogP contribution in [0.25, 0.3) is 0 Å². The van der Waals surface area contributed by atoms with E-state index in [4.69, 9.17) is 5.73 Å². The van der Waals surface area contributed by atoms with Gasteiger partial charge < -0.3 is 11.1 Å². The fourth-order valence-corrected chi connectivity index (χ4v) is 4.42. The van der Waals surface area contributed by atoms with Crippen LogP contribution in [0.2, 0.25) is 0 Å². The average Bonchev–Trinajstić information content (AvgIpc) is 2.67. The number of nitrogens with zero attached hydrogens (tertiary/aromatic N) is 1. The molecule has 3 N–H and O–H groups in total. The summed E-state index contributed by atoms with van der Waals surface area (Å²) in [7, 11) is 0. The van der Waals surface area contributed by atoms with Gasteiger partial charge >= 0.3 is 6.03 Å². The Morgan fingerprint density at radius 1 is 1.05 bits per heavy atom. The standard InChI is InChI=1S/C16H27N3O2/c17-11-12-7-3-1-4-8-13(12)19-14(20)16(18-15(19)21)9-5-2-6-10-16/h12-13H,1-11,17H2,(H,18,21). The van der Waals surface area contributed by atoms with Crippen LogP contribution in [-0.2, 0) is 4.79 Å². The van der Waals surface area contributed by atoms with Crippen LogP contribution >= 0.6 is 0 Å². The van der Waals surface area contributed by atoms with Crippen molar-refractivity contribution in [1.82, 2.24) is 10.2 Å². The molecule has 2 aliphatic carbocycles. The van der Waals surface area contributed by atoms with Crippen LogP contribution in [0.4, 0.5) is 4.79 Å². The van der Waals surface area contributed by atoms with Crippen molar-refractivity contribution in [2.24, 2.45) is 11.7 Å². The minimum absolute atomic E-state index is 0.00583. The zero-order valence-corrected chi connectivity index (χ0v) is 12.8. The predicted octanol–water partition coefficient (Wildman–Crippen LogP) is 2.15. The lowest BCUT2D eigenvalue weighted by Crippen LogP contribution is -2.50. The van der Waals surface area contributed by atoms with E-state index in [1.807, 2.05) is 0 Å². The number of urea groups is 1. The molecule has 3 amide bonds. The van der Waals surface area contributed by atoms with Gasteiger partial charge in [-0.05, 0) is 38.1 Å². The molecule has 3 fully saturated rings. The van der Waals surface area contributed by atoms with Gasteiger partial charge in [-0.15, -0.1) is 0 Å². The molecule has 0 aromatic carbocycles. The van der Waals surface area contributed by atoms with Gasteiger partial charge in [0.1, 0.15) is 5.54 Å². The number of imide groups is 1. The first-order valence-electron chi connectivity index (χ1n) is 8.54. The number of nitrogens with one attached hydrogen (secondary N) is 1. The quantitative estimate of drug-likeness (QED) is 0.605. The van der Waals surface area contributed by atoms with E-state index in [0.717, 1.165) is 51.4 Å². The first-order valence-corrected chi connectivity index (χ1v) is 8.54. The van der Waals surface area contributed by atoms with Crippen molar-refractivity contribution >= 4 is 11.9 Å². The monoisotopic (exact) mass is 293 g/mol. The van der Waals surface area contributed by atoms with E-state index in [0.29, 0.717) is 6.54 Å². The highest BCUT2D eigenvalue weighted by molar-refractivity contribution is 6.07. The van der Waals surface area contributed by atoms with Crippen molar-refractivity contribution in [1.29, 1.82) is 0 Å². The molecule has 3 rings (SSSR count). The van der Waals surface area contributed by atoms with Gasteiger partial charge in [-0.2, -0.15) is 0 Å². The molecule has 2 saturated carbocycles. The van der Waals surface area contributed by atoms with Gasteiger partial charge in [-0.25, -0.2) is 4.79 Å². The Balaban J connectivity index is 1.83. The lowest BCUT2D eigenvalue weighted by atomic mass is 9.81. The molecule has 2 unspecified atom stereocenters. The fourth-order valence-electron chi connectivity index (χ4n) is 4.42. The highest BCUT2D eigenvalue weighted by Crippen LogP contribution is 2.37. The zero-order valence-electron chi connectivity index (χ0n) is 12.8. The molecule has 1 saturated heterocycles.